The zero-order valence-electron chi connectivity index (χ0n) is 13.1. The highest BCUT2D eigenvalue weighted by Crippen LogP contribution is 2.42. The molecule has 0 heterocycles. The third-order valence-corrected chi connectivity index (χ3v) is 5.92. The van der Waals surface area contributed by atoms with Crippen LogP contribution in [0.1, 0.15) is 84.0 Å². The summed E-state index contributed by atoms with van der Waals surface area (Å²) in [6.07, 6.45) is 20.0. The molecule has 0 atom stereocenters. The Bertz CT molecular complexity index is 239. The molecule has 0 heteroatoms. The summed E-state index contributed by atoms with van der Waals surface area (Å²) in [6.45, 7) is 6.28. The molecule has 19 heavy (non-hydrogen) atoms. The van der Waals surface area contributed by atoms with Crippen LogP contribution in [0.5, 0.6) is 0 Å². The molecule has 2 fully saturated rings. The quantitative estimate of drug-likeness (QED) is 0.385. The summed E-state index contributed by atoms with van der Waals surface area (Å²) in [5.74, 6) is 4.05. The van der Waals surface area contributed by atoms with Crippen molar-refractivity contribution in [2.45, 2.75) is 84.0 Å². The predicted octanol–water partition coefficient (Wildman–Crippen LogP) is 6.37. The van der Waals surface area contributed by atoms with Gasteiger partial charge in [-0.1, -0.05) is 51.5 Å². The molecular weight excluding hydrogens is 228 g/mol. The minimum atomic E-state index is 0.835. The lowest BCUT2D eigenvalue weighted by atomic mass is 9.68. The average molecular weight is 262 g/mol. The van der Waals surface area contributed by atoms with E-state index < -0.39 is 0 Å². The van der Waals surface area contributed by atoms with Gasteiger partial charge >= 0.3 is 0 Å². The Labute approximate surface area is 121 Å². The molecule has 0 saturated heterocycles. The molecule has 0 bridgehead atoms. The summed E-state index contributed by atoms with van der Waals surface area (Å²) < 4.78 is 0. The molecule has 0 radical (unpaired) electrons. The number of rotatable bonds is 6. The van der Waals surface area contributed by atoms with Crippen molar-refractivity contribution >= 4 is 0 Å². The third-order valence-electron chi connectivity index (χ3n) is 5.92. The zero-order valence-corrected chi connectivity index (χ0v) is 13.1. The van der Waals surface area contributed by atoms with Crippen LogP contribution in [0.2, 0.25) is 0 Å². The fraction of sp³-hybridized carbons (Fsp3) is 0.895. The van der Waals surface area contributed by atoms with Gasteiger partial charge in [-0.3, -0.25) is 0 Å². The van der Waals surface area contributed by atoms with Crippen molar-refractivity contribution in [1.29, 1.82) is 0 Å². The van der Waals surface area contributed by atoms with E-state index in [-0.39, 0.29) is 0 Å². The standard InChI is InChI=1S/C19H34/c1-3-5-6-7-17-10-14-19(15-11-17)18-12-8-16(4-2)9-13-18/h4,16-19H,2-3,5-15H2,1H3. The summed E-state index contributed by atoms with van der Waals surface area (Å²) in [6, 6.07) is 0. The lowest BCUT2D eigenvalue weighted by Gasteiger charge is -2.37. The lowest BCUT2D eigenvalue weighted by Crippen LogP contribution is -2.25. The Kier molecular flexibility index (Phi) is 6.47. The second-order valence-corrected chi connectivity index (χ2v) is 7.19. The van der Waals surface area contributed by atoms with E-state index in [1.807, 2.05) is 0 Å². The second kappa shape index (κ2) is 8.12. The topological polar surface area (TPSA) is 0 Å². The van der Waals surface area contributed by atoms with Gasteiger partial charge in [0.05, 0.1) is 0 Å². The molecule has 0 amide bonds. The highest BCUT2D eigenvalue weighted by Gasteiger charge is 2.29. The van der Waals surface area contributed by atoms with E-state index in [0.717, 1.165) is 23.7 Å². The normalized spacial score (nSPS) is 36.1. The molecule has 0 nitrogen and oxygen atoms in total. The molecule has 2 rings (SSSR count). The largest absolute Gasteiger partial charge is 0.103 e. The number of unbranched alkanes of at least 4 members (excludes halogenated alkanes) is 2. The van der Waals surface area contributed by atoms with E-state index in [4.69, 9.17) is 0 Å². The first kappa shape index (κ1) is 15.1. The van der Waals surface area contributed by atoms with Crippen LogP contribution >= 0.6 is 0 Å². The van der Waals surface area contributed by atoms with Crippen molar-refractivity contribution in [1.82, 2.24) is 0 Å². The monoisotopic (exact) mass is 262 g/mol. The van der Waals surface area contributed by atoms with Gasteiger partial charge in [0.15, 0.2) is 0 Å². The molecule has 2 aliphatic carbocycles. The maximum atomic E-state index is 3.97. The molecular formula is C19H34. The van der Waals surface area contributed by atoms with E-state index in [2.05, 4.69) is 19.6 Å². The Hall–Kier alpha value is -0.260. The number of hydrogen-bond acceptors (Lipinski definition) is 0. The van der Waals surface area contributed by atoms with Gasteiger partial charge in [-0.25, -0.2) is 0 Å². The molecule has 2 saturated carbocycles. The Morgan fingerprint density at radius 2 is 1.42 bits per heavy atom. The van der Waals surface area contributed by atoms with Crippen LogP contribution < -0.4 is 0 Å². The highest BCUT2D eigenvalue weighted by atomic mass is 14.3. The SMILES string of the molecule is C=CC1CCC(C2CCC(CCCCC)CC2)CC1. The van der Waals surface area contributed by atoms with Crippen LogP contribution in [0.4, 0.5) is 0 Å². The van der Waals surface area contributed by atoms with Crippen LogP contribution in [0, 0.1) is 23.7 Å². The van der Waals surface area contributed by atoms with Crippen molar-refractivity contribution in [3.8, 4) is 0 Å². The molecule has 0 aromatic heterocycles. The highest BCUT2D eigenvalue weighted by molar-refractivity contribution is 4.87. The summed E-state index contributed by atoms with van der Waals surface area (Å²) >= 11 is 0. The van der Waals surface area contributed by atoms with Crippen LogP contribution in [0.15, 0.2) is 12.7 Å². The van der Waals surface area contributed by atoms with Gasteiger partial charge in [-0.2, -0.15) is 0 Å². The van der Waals surface area contributed by atoms with Crippen molar-refractivity contribution in [3.63, 3.8) is 0 Å². The van der Waals surface area contributed by atoms with E-state index in [9.17, 15) is 0 Å². The van der Waals surface area contributed by atoms with Gasteiger partial charge in [0.2, 0.25) is 0 Å². The number of allylic oxidation sites excluding steroid dienone is 1. The van der Waals surface area contributed by atoms with Crippen molar-refractivity contribution < 1.29 is 0 Å². The van der Waals surface area contributed by atoms with Gasteiger partial charge < -0.3 is 0 Å². The fourth-order valence-electron chi connectivity index (χ4n) is 4.48. The van der Waals surface area contributed by atoms with Crippen LogP contribution in [-0.4, -0.2) is 0 Å². The van der Waals surface area contributed by atoms with E-state index >= 15 is 0 Å². The minimum absolute atomic E-state index is 0.835. The first-order chi connectivity index (χ1) is 9.33. The second-order valence-electron chi connectivity index (χ2n) is 7.19. The van der Waals surface area contributed by atoms with E-state index in [1.54, 1.807) is 12.8 Å². The van der Waals surface area contributed by atoms with Crippen molar-refractivity contribution in [2.24, 2.45) is 23.7 Å². The van der Waals surface area contributed by atoms with Crippen LogP contribution in [-0.2, 0) is 0 Å². The maximum Gasteiger partial charge on any atom is -0.0236 e. The first-order valence-corrected chi connectivity index (χ1v) is 8.96. The molecule has 0 aliphatic heterocycles. The first-order valence-electron chi connectivity index (χ1n) is 8.96. The number of hydrogen-bond donors (Lipinski definition) is 0. The summed E-state index contributed by atoms with van der Waals surface area (Å²) in [7, 11) is 0. The zero-order chi connectivity index (χ0) is 13.5. The lowest BCUT2D eigenvalue weighted by molar-refractivity contribution is 0.151. The molecule has 0 spiro atoms. The Morgan fingerprint density at radius 3 is 1.95 bits per heavy atom. The van der Waals surface area contributed by atoms with Gasteiger partial charge in [0.1, 0.15) is 0 Å². The average Bonchev–Trinajstić information content (AvgIpc) is 2.48. The third kappa shape index (κ3) is 4.65. The van der Waals surface area contributed by atoms with E-state index in [1.165, 1.54) is 64.2 Å². The predicted molar refractivity (Wildman–Crippen MR) is 85.2 cm³/mol. The molecule has 110 valence electrons. The minimum Gasteiger partial charge on any atom is -0.103 e. The van der Waals surface area contributed by atoms with Gasteiger partial charge in [-0.15, -0.1) is 6.58 Å². The maximum absolute atomic E-state index is 3.97. The smallest absolute Gasteiger partial charge is 0.0236 e. The molecule has 2 aliphatic rings. The van der Waals surface area contributed by atoms with Gasteiger partial charge in [0, 0.05) is 0 Å². The van der Waals surface area contributed by atoms with Crippen LogP contribution in [0.25, 0.3) is 0 Å². The Morgan fingerprint density at radius 1 is 0.842 bits per heavy atom. The molecule has 0 N–H and O–H groups in total. The van der Waals surface area contributed by atoms with Crippen molar-refractivity contribution in [2.75, 3.05) is 0 Å². The summed E-state index contributed by atoms with van der Waals surface area (Å²) in [4.78, 5) is 0. The fourth-order valence-corrected chi connectivity index (χ4v) is 4.48. The van der Waals surface area contributed by atoms with Crippen LogP contribution in [0.3, 0.4) is 0 Å². The molecule has 0 unspecified atom stereocenters. The summed E-state index contributed by atoms with van der Waals surface area (Å²) in [5.41, 5.74) is 0. The Balaban J connectivity index is 1.64. The molecule has 0 aromatic rings. The van der Waals surface area contributed by atoms with E-state index in [0.29, 0.717) is 0 Å². The van der Waals surface area contributed by atoms with Crippen molar-refractivity contribution in [3.05, 3.63) is 12.7 Å². The van der Waals surface area contributed by atoms with Gasteiger partial charge in [-0.05, 0) is 62.2 Å². The summed E-state index contributed by atoms with van der Waals surface area (Å²) in [5, 5.41) is 0. The molecule has 0 aromatic carbocycles. The van der Waals surface area contributed by atoms with Gasteiger partial charge in [0.25, 0.3) is 0 Å².